The zero-order valence-corrected chi connectivity index (χ0v) is 10.5. The standard InChI is InChI=1S/C14H19N3/c1-11-8-14(6-7-17(11)2)16-13-5-3-4-12(9-13)10-15/h3-5,9,11,14,16H,6-8H2,1-2H3. The van der Waals surface area contributed by atoms with Crippen LogP contribution >= 0.6 is 0 Å². The van der Waals surface area contributed by atoms with Crippen LogP contribution in [0.15, 0.2) is 24.3 Å². The normalized spacial score (nSPS) is 25.2. The predicted molar refractivity (Wildman–Crippen MR) is 69.9 cm³/mol. The van der Waals surface area contributed by atoms with Gasteiger partial charge in [0.05, 0.1) is 11.6 Å². The number of piperidine rings is 1. The first-order valence-corrected chi connectivity index (χ1v) is 6.16. The Labute approximate surface area is 103 Å². The molecule has 17 heavy (non-hydrogen) atoms. The molecule has 1 aliphatic rings. The van der Waals surface area contributed by atoms with Crippen molar-refractivity contribution in [1.29, 1.82) is 5.26 Å². The number of anilines is 1. The Kier molecular flexibility index (Phi) is 3.65. The van der Waals surface area contributed by atoms with Gasteiger partial charge in [-0.3, -0.25) is 0 Å². The molecule has 0 saturated carbocycles. The van der Waals surface area contributed by atoms with Crippen molar-refractivity contribution in [2.75, 3.05) is 18.9 Å². The summed E-state index contributed by atoms with van der Waals surface area (Å²) in [5.74, 6) is 0. The van der Waals surface area contributed by atoms with Crippen LogP contribution in [0.5, 0.6) is 0 Å². The van der Waals surface area contributed by atoms with E-state index in [1.807, 2.05) is 24.3 Å². The van der Waals surface area contributed by atoms with Gasteiger partial charge in [-0.1, -0.05) is 6.07 Å². The van der Waals surface area contributed by atoms with Gasteiger partial charge < -0.3 is 10.2 Å². The molecule has 1 saturated heterocycles. The molecule has 1 aliphatic heterocycles. The molecule has 2 rings (SSSR count). The SMILES string of the molecule is CC1CC(Nc2cccc(C#N)c2)CCN1C. The highest BCUT2D eigenvalue weighted by atomic mass is 15.1. The lowest BCUT2D eigenvalue weighted by molar-refractivity contribution is 0.190. The van der Waals surface area contributed by atoms with Crippen molar-refractivity contribution >= 4 is 5.69 Å². The van der Waals surface area contributed by atoms with Crippen LogP contribution in [-0.4, -0.2) is 30.6 Å². The third-order valence-corrected chi connectivity index (χ3v) is 3.57. The van der Waals surface area contributed by atoms with Crippen molar-refractivity contribution in [3.63, 3.8) is 0 Å². The highest BCUT2D eigenvalue weighted by Gasteiger charge is 2.22. The van der Waals surface area contributed by atoms with Gasteiger partial charge in [0.25, 0.3) is 0 Å². The number of hydrogen-bond donors (Lipinski definition) is 1. The van der Waals surface area contributed by atoms with Crippen LogP contribution < -0.4 is 5.32 Å². The number of hydrogen-bond acceptors (Lipinski definition) is 3. The summed E-state index contributed by atoms with van der Waals surface area (Å²) in [6, 6.07) is 11.0. The van der Waals surface area contributed by atoms with Gasteiger partial charge in [0.15, 0.2) is 0 Å². The monoisotopic (exact) mass is 229 g/mol. The second kappa shape index (κ2) is 5.20. The molecule has 0 radical (unpaired) electrons. The number of nitrogens with one attached hydrogen (secondary N) is 1. The molecular weight excluding hydrogens is 210 g/mol. The van der Waals surface area contributed by atoms with Gasteiger partial charge in [-0.2, -0.15) is 5.26 Å². The molecule has 3 heteroatoms. The van der Waals surface area contributed by atoms with E-state index in [4.69, 9.17) is 5.26 Å². The molecule has 2 atom stereocenters. The van der Waals surface area contributed by atoms with Gasteiger partial charge in [-0.05, 0) is 45.0 Å². The molecule has 0 aliphatic carbocycles. The Morgan fingerprint density at radius 2 is 2.29 bits per heavy atom. The summed E-state index contributed by atoms with van der Waals surface area (Å²) in [6.07, 6.45) is 2.32. The van der Waals surface area contributed by atoms with Crippen LogP contribution in [-0.2, 0) is 0 Å². The maximum absolute atomic E-state index is 8.86. The Morgan fingerprint density at radius 3 is 3.00 bits per heavy atom. The molecule has 0 bridgehead atoms. The fourth-order valence-electron chi connectivity index (χ4n) is 2.33. The van der Waals surface area contributed by atoms with E-state index in [0.29, 0.717) is 12.1 Å². The molecule has 1 N–H and O–H groups in total. The molecule has 1 heterocycles. The van der Waals surface area contributed by atoms with Gasteiger partial charge in [0, 0.05) is 24.3 Å². The summed E-state index contributed by atoms with van der Waals surface area (Å²) in [5, 5.41) is 12.4. The second-order valence-electron chi connectivity index (χ2n) is 4.89. The zero-order chi connectivity index (χ0) is 12.3. The third kappa shape index (κ3) is 2.98. The van der Waals surface area contributed by atoms with E-state index < -0.39 is 0 Å². The lowest BCUT2D eigenvalue weighted by atomic mass is 9.98. The molecule has 0 aromatic heterocycles. The highest BCUT2D eigenvalue weighted by molar-refractivity contribution is 5.49. The number of benzene rings is 1. The zero-order valence-electron chi connectivity index (χ0n) is 10.5. The molecule has 1 fully saturated rings. The first kappa shape index (κ1) is 11.9. The number of likely N-dealkylation sites (tertiary alicyclic amines) is 1. The van der Waals surface area contributed by atoms with E-state index in [0.717, 1.165) is 30.6 Å². The number of nitrogens with zero attached hydrogens (tertiary/aromatic N) is 2. The van der Waals surface area contributed by atoms with E-state index >= 15 is 0 Å². The van der Waals surface area contributed by atoms with Crippen LogP contribution in [0.3, 0.4) is 0 Å². The van der Waals surface area contributed by atoms with E-state index in [9.17, 15) is 0 Å². The van der Waals surface area contributed by atoms with Gasteiger partial charge in [-0.15, -0.1) is 0 Å². The molecule has 1 aromatic carbocycles. The molecule has 2 unspecified atom stereocenters. The summed E-state index contributed by atoms with van der Waals surface area (Å²) in [5.41, 5.74) is 1.78. The minimum atomic E-state index is 0.523. The van der Waals surface area contributed by atoms with Crippen LogP contribution in [0.25, 0.3) is 0 Å². The smallest absolute Gasteiger partial charge is 0.0992 e. The maximum atomic E-state index is 8.86. The molecule has 3 nitrogen and oxygen atoms in total. The van der Waals surface area contributed by atoms with Crippen molar-refractivity contribution in [3.05, 3.63) is 29.8 Å². The lowest BCUT2D eigenvalue weighted by Gasteiger charge is -2.35. The van der Waals surface area contributed by atoms with Gasteiger partial charge in [0.1, 0.15) is 0 Å². The Morgan fingerprint density at radius 1 is 1.47 bits per heavy atom. The largest absolute Gasteiger partial charge is 0.382 e. The average molecular weight is 229 g/mol. The first-order valence-electron chi connectivity index (χ1n) is 6.16. The van der Waals surface area contributed by atoms with Gasteiger partial charge in [0.2, 0.25) is 0 Å². The summed E-state index contributed by atoms with van der Waals surface area (Å²) in [4.78, 5) is 2.39. The highest BCUT2D eigenvalue weighted by Crippen LogP contribution is 2.20. The summed E-state index contributed by atoms with van der Waals surface area (Å²) in [7, 11) is 2.18. The minimum absolute atomic E-state index is 0.523. The van der Waals surface area contributed by atoms with E-state index in [1.165, 1.54) is 0 Å². The summed E-state index contributed by atoms with van der Waals surface area (Å²) < 4.78 is 0. The van der Waals surface area contributed by atoms with Gasteiger partial charge >= 0.3 is 0 Å². The van der Waals surface area contributed by atoms with E-state index in [2.05, 4.69) is 30.3 Å². The van der Waals surface area contributed by atoms with Crippen molar-refractivity contribution in [2.24, 2.45) is 0 Å². The first-order chi connectivity index (χ1) is 8.19. The fourth-order valence-corrected chi connectivity index (χ4v) is 2.33. The fraction of sp³-hybridized carbons (Fsp3) is 0.500. The second-order valence-corrected chi connectivity index (χ2v) is 4.89. The lowest BCUT2D eigenvalue weighted by Crippen LogP contribution is -2.42. The van der Waals surface area contributed by atoms with Crippen LogP contribution in [0.2, 0.25) is 0 Å². The average Bonchev–Trinajstić information content (AvgIpc) is 2.34. The number of rotatable bonds is 2. The molecule has 90 valence electrons. The van der Waals surface area contributed by atoms with Crippen LogP contribution in [0.4, 0.5) is 5.69 Å². The number of nitriles is 1. The van der Waals surface area contributed by atoms with Crippen molar-refractivity contribution < 1.29 is 0 Å². The van der Waals surface area contributed by atoms with Crippen molar-refractivity contribution in [1.82, 2.24) is 4.90 Å². The molecule has 0 amide bonds. The minimum Gasteiger partial charge on any atom is -0.382 e. The topological polar surface area (TPSA) is 39.1 Å². The Balaban J connectivity index is 1.99. The predicted octanol–water partition coefficient (Wildman–Crippen LogP) is 2.45. The van der Waals surface area contributed by atoms with Crippen LogP contribution in [0, 0.1) is 11.3 Å². The maximum Gasteiger partial charge on any atom is 0.0992 e. The van der Waals surface area contributed by atoms with Crippen molar-refractivity contribution in [2.45, 2.75) is 31.8 Å². The van der Waals surface area contributed by atoms with Gasteiger partial charge in [-0.25, -0.2) is 0 Å². The molecular formula is C14H19N3. The van der Waals surface area contributed by atoms with E-state index in [1.54, 1.807) is 0 Å². The van der Waals surface area contributed by atoms with Crippen LogP contribution in [0.1, 0.15) is 25.3 Å². The van der Waals surface area contributed by atoms with Crippen molar-refractivity contribution in [3.8, 4) is 6.07 Å². The summed E-state index contributed by atoms with van der Waals surface area (Å²) in [6.45, 7) is 3.40. The molecule has 1 aromatic rings. The summed E-state index contributed by atoms with van der Waals surface area (Å²) >= 11 is 0. The Hall–Kier alpha value is -1.53. The van der Waals surface area contributed by atoms with E-state index in [-0.39, 0.29) is 0 Å². The quantitative estimate of drug-likeness (QED) is 0.846. The Bertz CT molecular complexity index is 422. The third-order valence-electron chi connectivity index (χ3n) is 3.57. The molecule has 0 spiro atoms.